The van der Waals surface area contributed by atoms with Crippen LogP contribution in [0.25, 0.3) is 10.9 Å². The van der Waals surface area contributed by atoms with Gasteiger partial charge in [-0.25, -0.2) is 0 Å². The number of aromatic nitrogens is 1. The lowest BCUT2D eigenvalue weighted by atomic mass is 10.1. The molecular formula is C13H15IN2O. The van der Waals surface area contributed by atoms with E-state index in [0.717, 1.165) is 23.0 Å². The lowest BCUT2D eigenvalue weighted by Crippen LogP contribution is -2.22. The molecule has 0 radical (unpaired) electrons. The number of likely N-dealkylation sites (N-methyl/N-ethyl adjacent to an activating group) is 1. The highest BCUT2D eigenvalue weighted by atomic mass is 127. The molecule has 0 spiro atoms. The summed E-state index contributed by atoms with van der Waals surface area (Å²) in [5, 5.41) is 4.11. The summed E-state index contributed by atoms with van der Waals surface area (Å²) in [4.78, 5) is 12.0. The van der Waals surface area contributed by atoms with Crippen molar-refractivity contribution in [2.24, 2.45) is 7.05 Å². The number of hydrogen-bond acceptors (Lipinski definition) is 2. The van der Waals surface area contributed by atoms with E-state index in [2.05, 4.69) is 34.0 Å². The minimum Gasteiger partial charge on any atom is -0.350 e. The molecule has 0 aliphatic heterocycles. The summed E-state index contributed by atoms with van der Waals surface area (Å²) in [7, 11) is 1.97. The third kappa shape index (κ3) is 2.52. The topological polar surface area (TPSA) is 34.0 Å². The predicted molar refractivity (Wildman–Crippen MR) is 78.5 cm³/mol. The zero-order valence-corrected chi connectivity index (χ0v) is 12.1. The third-order valence-corrected chi connectivity index (χ3v) is 3.46. The van der Waals surface area contributed by atoms with Crippen LogP contribution in [0.15, 0.2) is 24.4 Å². The summed E-state index contributed by atoms with van der Waals surface area (Å²) in [5.74, 6) is 0.152. The van der Waals surface area contributed by atoms with Gasteiger partial charge in [-0.15, -0.1) is 0 Å². The monoisotopic (exact) mass is 342 g/mol. The van der Waals surface area contributed by atoms with Gasteiger partial charge in [0, 0.05) is 33.3 Å². The van der Waals surface area contributed by atoms with Crippen LogP contribution in [0.2, 0.25) is 0 Å². The number of benzene rings is 1. The maximum absolute atomic E-state index is 12.0. The van der Waals surface area contributed by atoms with Crippen molar-refractivity contribution in [2.75, 3.05) is 13.1 Å². The number of nitrogens with zero attached hydrogens (tertiary/aromatic N) is 1. The van der Waals surface area contributed by atoms with Crippen LogP contribution in [-0.2, 0) is 7.05 Å². The molecule has 0 aliphatic rings. The van der Waals surface area contributed by atoms with Gasteiger partial charge >= 0.3 is 0 Å². The van der Waals surface area contributed by atoms with Crippen molar-refractivity contribution in [3.8, 4) is 0 Å². The maximum Gasteiger partial charge on any atom is 0.178 e. The number of ketones is 1. The van der Waals surface area contributed by atoms with Gasteiger partial charge in [0.25, 0.3) is 0 Å². The Kier molecular flexibility index (Phi) is 3.83. The van der Waals surface area contributed by atoms with Crippen molar-refractivity contribution < 1.29 is 4.79 Å². The second kappa shape index (κ2) is 5.18. The van der Waals surface area contributed by atoms with Crippen LogP contribution >= 0.6 is 22.6 Å². The Morgan fingerprint density at radius 1 is 1.47 bits per heavy atom. The number of hydrogen-bond donors (Lipinski definition) is 1. The van der Waals surface area contributed by atoms with E-state index in [-0.39, 0.29) is 5.78 Å². The predicted octanol–water partition coefficient (Wildman–Crippen LogP) is 2.58. The molecule has 90 valence electrons. The molecule has 2 aromatic rings. The summed E-state index contributed by atoms with van der Waals surface area (Å²) >= 11 is 2.28. The van der Waals surface area contributed by atoms with Crippen molar-refractivity contribution in [2.45, 2.75) is 6.92 Å². The van der Waals surface area contributed by atoms with Gasteiger partial charge in [-0.05, 0) is 41.3 Å². The molecule has 2 rings (SSSR count). The lowest BCUT2D eigenvalue weighted by Gasteiger charge is -2.00. The van der Waals surface area contributed by atoms with Gasteiger partial charge in [0.05, 0.1) is 6.54 Å². The van der Waals surface area contributed by atoms with E-state index in [1.807, 2.05) is 36.9 Å². The summed E-state index contributed by atoms with van der Waals surface area (Å²) < 4.78 is 3.19. The Labute approximate surface area is 114 Å². The summed E-state index contributed by atoms with van der Waals surface area (Å²) in [6.07, 6.45) is 1.92. The van der Waals surface area contributed by atoms with E-state index in [1.54, 1.807) is 0 Å². The largest absolute Gasteiger partial charge is 0.350 e. The summed E-state index contributed by atoms with van der Waals surface area (Å²) in [6.45, 7) is 3.22. The molecule has 0 aliphatic carbocycles. The number of fused-ring (bicyclic) bond motifs is 1. The Balaban J connectivity index is 2.45. The van der Waals surface area contributed by atoms with Crippen molar-refractivity contribution in [1.82, 2.24) is 9.88 Å². The van der Waals surface area contributed by atoms with Crippen molar-refractivity contribution >= 4 is 39.3 Å². The molecule has 0 saturated heterocycles. The van der Waals surface area contributed by atoms with Crippen molar-refractivity contribution in [3.05, 3.63) is 33.5 Å². The van der Waals surface area contributed by atoms with Gasteiger partial charge in [0.2, 0.25) is 0 Å². The molecule has 1 N–H and O–H groups in total. The van der Waals surface area contributed by atoms with Gasteiger partial charge in [-0.3, -0.25) is 4.79 Å². The molecule has 0 fully saturated rings. The zero-order valence-electron chi connectivity index (χ0n) is 9.96. The number of aryl methyl sites for hydroxylation is 1. The third-order valence-electron chi connectivity index (χ3n) is 2.79. The summed E-state index contributed by atoms with van der Waals surface area (Å²) in [5.41, 5.74) is 1.91. The first-order valence-corrected chi connectivity index (χ1v) is 6.70. The molecule has 0 amide bonds. The fourth-order valence-electron chi connectivity index (χ4n) is 1.91. The molecule has 0 unspecified atom stereocenters. The average molecular weight is 342 g/mol. The minimum atomic E-state index is 0.152. The second-order valence-electron chi connectivity index (χ2n) is 4.02. The van der Waals surface area contributed by atoms with E-state index in [0.29, 0.717) is 6.54 Å². The minimum absolute atomic E-state index is 0.152. The Bertz CT molecular complexity index is 560. The molecule has 17 heavy (non-hydrogen) atoms. The average Bonchev–Trinajstić information content (AvgIpc) is 2.64. The van der Waals surface area contributed by atoms with Gasteiger partial charge < -0.3 is 9.88 Å². The first-order chi connectivity index (χ1) is 8.13. The smallest absolute Gasteiger partial charge is 0.178 e. The van der Waals surface area contributed by atoms with Crippen LogP contribution in [0, 0.1) is 3.57 Å². The standard InChI is InChI=1S/C13H15IN2O/c1-3-15-7-13(17)11-8-16(2)12-6-9(14)4-5-10(11)12/h4-6,8,15H,3,7H2,1-2H3. The molecule has 1 aromatic carbocycles. The molecule has 0 atom stereocenters. The first-order valence-electron chi connectivity index (χ1n) is 5.62. The highest BCUT2D eigenvalue weighted by molar-refractivity contribution is 14.1. The fraction of sp³-hybridized carbons (Fsp3) is 0.308. The van der Waals surface area contributed by atoms with Gasteiger partial charge in [-0.1, -0.05) is 13.0 Å². The molecule has 4 heteroatoms. The SMILES string of the molecule is CCNCC(=O)c1cn(C)c2cc(I)ccc12. The number of Topliss-reactive ketones (excluding diaryl/α,β-unsaturated/α-hetero) is 1. The van der Waals surface area contributed by atoms with Gasteiger partial charge in [0.15, 0.2) is 5.78 Å². The van der Waals surface area contributed by atoms with Crippen LogP contribution in [0.4, 0.5) is 0 Å². The number of halogens is 1. The van der Waals surface area contributed by atoms with Gasteiger partial charge in [0.1, 0.15) is 0 Å². The molecule has 1 aromatic heterocycles. The lowest BCUT2D eigenvalue weighted by molar-refractivity contribution is 0.0993. The molecule has 0 bridgehead atoms. The molecular weight excluding hydrogens is 327 g/mol. The molecule has 0 saturated carbocycles. The van der Waals surface area contributed by atoms with Crippen molar-refractivity contribution in [1.29, 1.82) is 0 Å². The molecule has 3 nitrogen and oxygen atoms in total. The Morgan fingerprint density at radius 3 is 2.94 bits per heavy atom. The molecule has 1 heterocycles. The highest BCUT2D eigenvalue weighted by Gasteiger charge is 2.13. The highest BCUT2D eigenvalue weighted by Crippen LogP contribution is 2.23. The summed E-state index contributed by atoms with van der Waals surface area (Å²) in [6, 6.07) is 6.16. The second-order valence-corrected chi connectivity index (χ2v) is 5.26. The first kappa shape index (κ1) is 12.6. The Morgan fingerprint density at radius 2 is 2.24 bits per heavy atom. The number of carbonyl (C=O) groups is 1. The number of rotatable bonds is 4. The Hall–Kier alpha value is -0.880. The van der Waals surface area contributed by atoms with E-state index < -0.39 is 0 Å². The maximum atomic E-state index is 12.0. The van der Waals surface area contributed by atoms with Crippen LogP contribution in [0.3, 0.4) is 0 Å². The van der Waals surface area contributed by atoms with E-state index in [4.69, 9.17) is 0 Å². The van der Waals surface area contributed by atoms with E-state index in [9.17, 15) is 4.79 Å². The fourth-order valence-corrected chi connectivity index (χ4v) is 2.39. The van der Waals surface area contributed by atoms with Gasteiger partial charge in [-0.2, -0.15) is 0 Å². The zero-order chi connectivity index (χ0) is 12.4. The van der Waals surface area contributed by atoms with Crippen LogP contribution < -0.4 is 5.32 Å². The van der Waals surface area contributed by atoms with E-state index in [1.165, 1.54) is 3.57 Å². The quantitative estimate of drug-likeness (QED) is 0.685. The van der Waals surface area contributed by atoms with E-state index >= 15 is 0 Å². The van der Waals surface area contributed by atoms with Crippen molar-refractivity contribution in [3.63, 3.8) is 0 Å². The van der Waals surface area contributed by atoms with Crippen LogP contribution in [-0.4, -0.2) is 23.4 Å². The van der Waals surface area contributed by atoms with Crippen LogP contribution in [0.5, 0.6) is 0 Å². The van der Waals surface area contributed by atoms with Crippen LogP contribution in [0.1, 0.15) is 17.3 Å². The normalized spacial score (nSPS) is 11.0. The number of nitrogens with one attached hydrogen (secondary N) is 1. The number of carbonyl (C=O) groups excluding carboxylic acids is 1.